The Morgan fingerprint density at radius 2 is 1.65 bits per heavy atom. The third kappa shape index (κ3) is 7.52. The average Bonchev–Trinajstić information content (AvgIpc) is 2.89. The predicted octanol–water partition coefficient (Wildman–Crippen LogP) is 2.93. The van der Waals surface area contributed by atoms with E-state index < -0.39 is 0 Å². The Hall–Kier alpha value is -2.48. The van der Waals surface area contributed by atoms with Gasteiger partial charge in [-0.1, -0.05) is 13.8 Å². The Morgan fingerprint density at radius 3 is 2.24 bits per heavy atom. The van der Waals surface area contributed by atoms with Crippen LogP contribution in [0, 0.1) is 5.92 Å². The van der Waals surface area contributed by atoms with E-state index in [1.54, 1.807) is 7.11 Å². The molecule has 2 aliphatic rings. The number of hydrogen-bond acceptors (Lipinski definition) is 5. The van der Waals surface area contributed by atoms with Crippen LogP contribution in [0.15, 0.2) is 24.3 Å². The van der Waals surface area contributed by atoms with Crippen molar-refractivity contribution in [3.63, 3.8) is 0 Å². The van der Waals surface area contributed by atoms with Crippen molar-refractivity contribution in [1.29, 1.82) is 0 Å². The molecule has 8 heteroatoms. The lowest BCUT2D eigenvalue weighted by Gasteiger charge is -2.36. The maximum absolute atomic E-state index is 12.8. The van der Waals surface area contributed by atoms with Crippen molar-refractivity contribution in [2.75, 3.05) is 64.4 Å². The number of anilines is 1. The van der Waals surface area contributed by atoms with E-state index in [9.17, 15) is 9.59 Å². The Morgan fingerprint density at radius 1 is 1.00 bits per heavy atom. The highest BCUT2D eigenvalue weighted by Crippen LogP contribution is 2.23. The Kier molecular flexibility index (Phi) is 10.3. The van der Waals surface area contributed by atoms with Gasteiger partial charge in [0.25, 0.3) is 0 Å². The number of amides is 3. The highest BCUT2D eigenvalue weighted by molar-refractivity contribution is 5.79. The molecular weight excluding hydrogens is 430 g/mol. The first kappa shape index (κ1) is 26.1. The number of piperidine rings is 2. The minimum atomic E-state index is 0.0148. The van der Waals surface area contributed by atoms with Crippen LogP contribution in [0.5, 0.6) is 5.75 Å². The number of ether oxygens (including phenoxy) is 1. The Balaban J connectivity index is 1.32. The molecule has 1 aromatic rings. The van der Waals surface area contributed by atoms with Gasteiger partial charge in [0, 0.05) is 50.4 Å². The molecule has 0 aromatic heterocycles. The molecule has 1 aromatic carbocycles. The summed E-state index contributed by atoms with van der Waals surface area (Å²) in [7, 11) is 1.68. The summed E-state index contributed by atoms with van der Waals surface area (Å²) in [5.74, 6) is 1.03. The Labute approximate surface area is 205 Å². The van der Waals surface area contributed by atoms with E-state index in [4.69, 9.17) is 4.74 Å². The summed E-state index contributed by atoms with van der Waals surface area (Å²) >= 11 is 0. The lowest BCUT2D eigenvalue weighted by atomic mass is 9.96. The molecule has 2 heterocycles. The van der Waals surface area contributed by atoms with E-state index in [1.165, 1.54) is 5.69 Å². The first-order chi connectivity index (χ1) is 16.5. The number of nitrogens with zero attached hydrogens (tertiary/aromatic N) is 3. The summed E-state index contributed by atoms with van der Waals surface area (Å²) in [4.78, 5) is 31.9. The van der Waals surface area contributed by atoms with Crippen LogP contribution in [0.3, 0.4) is 0 Å². The van der Waals surface area contributed by atoms with Crippen LogP contribution >= 0.6 is 0 Å². The van der Waals surface area contributed by atoms with Crippen molar-refractivity contribution in [1.82, 2.24) is 20.4 Å². The number of methoxy groups -OCH3 is 1. The van der Waals surface area contributed by atoms with Gasteiger partial charge in [0.05, 0.1) is 7.11 Å². The summed E-state index contributed by atoms with van der Waals surface area (Å²) < 4.78 is 5.24. The number of urea groups is 1. The average molecular weight is 474 g/mol. The summed E-state index contributed by atoms with van der Waals surface area (Å²) in [5.41, 5.74) is 1.19. The number of hydrogen-bond donors (Lipinski definition) is 2. The molecule has 2 N–H and O–H groups in total. The molecule has 0 atom stereocenters. The fourth-order valence-corrected chi connectivity index (χ4v) is 4.88. The standard InChI is InChI=1S/C26H43N5O3/c1-4-29(5-2)16-6-15-27-25(32)21-11-17-31(18-12-21)26(33)28-22-13-19-30(20-14-22)23-7-9-24(34-3)10-8-23/h7-10,21-22H,4-6,11-20H2,1-3H3,(H,27,32)(H,28,33). The molecule has 34 heavy (non-hydrogen) atoms. The lowest BCUT2D eigenvalue weighted by molar-refractivity contribution is -0.126. The summed E-state index contributed by atoms with van der Waals surface area (Å²) in [6, 6.07) is 8.36. The van der Waals surface area contributed by atoms with Crippen LogP contribution in [0.4, 0.5) is 10.5 Å². The van der Waals surface area contributed by atoms with Crippen molar-refractivity contribution >= 4 is 17.6 Å². The highest BCUT2D eigenvalue weighted by atomic mass is 16.5. The minimum Gasteiger partial charge on any atom is -0.497 e. The van der Waals surface area contributed by atoms with E-state index in [2.05, 4.69) is 46.4 Å². The molecule has 3 rings (SSSR count). The van der Waals surface area contributed by atoms with Crippen LogP contribution in [0.1, 0.15) is 46.0 Å². The number of likely N-dealkylation sites (tertiary alicyclic amines) is 1. The number of carbonyl (C=O) groups is 2. The molecule has 0 bridgehead atoms. The number of benzene rings is 1. The van der Waals surface area contributed by atoms with Crippen LogP contribution in [-0.2, 0) is 4.79 Å². The van der Waals surface area contributed by atoms with Gasteiger partial charge in [-0.25, -0.2) is 4.79 Å². The number of carbonyl (C=O) groups excluding carboxylic acids is 2. The second-order valence-corrected chi connectivity index (χ2v) is 9.34. The highest BCUT2D eigenvalue weighted by Gasteiger charge is 2.29. The molecule has 190 valence electrons. The zero-order chi connectivity index (χ0) is 24.3. The van der Waals surface area contributed by atoms with Crippen molar-refractivity contribution in [3.8, 4) is 5.75 Å². The maximum atomic E-state index is 12.8. The first-order valence-corrected chi connectivity index (χ1v) is 13.0. The lowest BCUT2D eigenvalue weighted by Crippen LogP contribution is -2.52. The largest absolute Gasteiger partial charge is 0.497 e. The third-order valence-electron chi connectivity index (χ3n) is 7.26. The van der Waals surface area contributed by atoms with E-state index in [0.29, 0.717) is 13.1 Å². The van der Waals surface area contributed by atoms with Crippen LogP contribution in [-0.4, -0.2) is 87.2 Å². The van der Waals surface area contributed by atoms with Gasteiger partial charge in [-0.05, 0) is 76.0 Å². The van der Waals surface area contributed by atoms with Crippen molar-refractivity contribution in [3.05, 3.63) is 24.3 Å². The van der Waals surface area contributed by atoms with Gasteiger partial charge in [0.1, 0.15) is 5.75 Å². The predicted molar refractivity (Wildman–Crippen MR) is 136 cm³/mol. The molecule has 0 unspecified atom stereocenters. The smallest absolute Gasteiger partial charge is 0.317 e. The van der Waals surface area contributed by atoms with Crippen molar-refractivity contribution in [2.45, 2.75) is 52.0 Å². The van der Waals surface area contributed by atoms with Gasteiger partial charge in [-0.3, -0.25) is 4.79 Å². The zero-order valence-electron chi connectivity index (χ0n) is 21.2. The first-order valence-electron chi connectivity index (χ1n) is 13.0. The molecule has 0 spiro atoms. The summed E-state index contributed by atoms with van der Waals surface area (Å²) in [6.45, 7) is 11.3. The van der Waals surface area contributed by atoms with Gasteiger partial charge in [0.15, 0.2) is 0 Å². The maximum Gasteiger partial charge on any atom is 0.317 e. The minimum absolute atomic E-state index is 0.0148. The molecule has 2 saturated heterocycles. The SMILES string of the molecule is CCN(CC)CCCNC(=O)C1CCN(C(=O)NC2CCN(c3ccc(OC)cc3)CC2)CC1. The molecule has 3 amide bonds. The molecule has 2 aliphatic heterocycles. The topological polar surface area (TPSA) is 77.2 Å². The molecule has 8 nitrogen and oxygen atoms in total. The molecule has 2 fully saturated rings. The van der Waals surface area contributed by atoms with Gasteiger partial charge in [0.2, 0.25) is 5.91 Å². The van der Waals surface area contributed by atoms with Crippen molar-refractivity contribution < 1.29 is 14.3 Å². The molecule has 0 saturated carbocycles. The molecule has 0 aliphatic carbocycles. The fourth-order valence-electron chi connectivity index (χ4n) is 4.88. The van der Waals surface area contributed by atoms with Gasteiger partial charge >= 0.3 is 6.03 Å². The van der Waals surface area contributed by atoms with E-state index in [1.807, 2.05) is 17.0 Å². The fraction of sp³-hybridized carbons (Fsp3) is 0.692. The zero-order valence-corrected chi connectivity index (χ0v) is 21.2. The molecular formula is C26H43N5O3. The van der Waals surface area contributed by atoms with Crippen molar-refractivity contribution in [2.24, 2.45) is 5.92 Å². The molecule has 0 radical (unpaired) electrons. The Bertz CT molecular complexity index is 752. The van der Waals surface area contributed by atoms with Gasteiger partial charge in [-0.2, -0.15) is 0 Å². The van der Waals surface area contributed by atoms with Crippen LogP contribution in [0.2, 0.25) is 0 Å². The van der Waals surface area contributed by atoms with Crippen LogP contribution in [0.25, 0.3) is 0 Å². The normalized spacial score (nSPS) is 17.6. The quantitative estimate of drug-likeness (QED) is 0.511. The summed E-state index contributed by atoms with van der Waals surface area (Å²) in [5, 5.41) is 6.31. The third-order valence-corrected chi connectivity index (χ3v) is 7.26. The van der Waals surface area contributed by atoms with E-state index in [0.717, 1.165) is 77.1 Å². The summed E-state index contributed by atoms with van der Waals surface area (Å²) in [6.07, 6.45) is 4.33. The monoisotopic (exact) mass is 473 g/mol. The number of nitrogens with one attached hydrogen (secondary N) is 2. The second-order valence-electron chi connectivity index (χ2n) is 9.34. The van der Waals surface area contributed by atoms with Gasteiger partial charge < -0.3 is 30.1 Å². The van der Waals surface area contributed by atoms with Crippen LogP contribution < -0.4 is 20.3 Å². The second kappa shape index (κ2) is 13.4. The van der Waals surface area contributed by atoms with E-state index in [-0.39, 0.29) is 23.9 Å². The number of rotatable bonds is 10. The van der Waals surface area contributed by atoms with Gasteiger partial charge in [-0.15, -0.1) is 0 Å². The van der Waals surface area contributed by atoms with E-state index >= 15 is 0 Å².